The largest absolute Gasteiger partial charge is 0.494 e. The molecule has 0 atom stereocenters. The Bertz CT molecular complexity index is 681. The van der Waals surface area contributed by atoms with Crippen molar-refractivity contribution in [2.45, 2.75) is 6.92 Å². The first-order valence-corrected chi connectivity index (χ1v) is 6.92. The van der Waals surface area contributed by atoms with Gasteiger partial charge in [0.05, 0.1) is 18.5 Å². The van der Waals surface area contributed by atoms with Crippen LogP contribution in [-0.2, 0) is 0 Å². The fourth-order valence-electron chi connectivity index (χ4n) is 1.89. The van der Waals surface area contributed by atoms with Crippen molar-refractivity contribution in [1.29, 1.82) is 0 Å². The standard InChI is InChI=1S/C15H14BrFN2O2/c1-8-5-10(16)14(12(18)6-8)19-15(20)9-3-4-13(21-2)11(17)7-9/h3-7H,18H2,1-2H3,(H,19,20). The second-order valence-electron chi connectivity index (χ2n) is 4.51. The Labute approximate surface area is 130 Å². The lowest BCUT2D eigenvalue weighted by atomic mass is 10.1. The molecule has 0 aliphatic carbocycles. The van der Waals surface area contributed by atoms with Crippen molar-refractivity contribution in [3.05, 3.63) is 51.7 Å². The van der Waals surface area contributed by atoms with E-state index in [9.17, 15) is 9.18 Å². The summed E-state index contributed by atoms with van der Waals surface area (Å²) in [5, 5.41) is 2.67. The summed E-state index contributed by atoms with van der Waals surface area (Å²) in [4.78, 5) is 12.2. The van der Waals surface area contributed by atoms with Crippen molar-refractivity contribution in [2.75, 3.05) is 18.2 Å². The van der Waals surface area contributed by atoms with E-state index in [1.54, 1.807) is 6.07 Å². The Morgan fingerprint density at radius 1 is 1.33 bits per heavy atom. The fourth-order valence-corrected chi connectivity index (χ4v) is 2.58. The molecule has 0 fully saturated rings. The number of nitrogens with one attached hydrogen (secondary N) is 1. The molecule has 0 aromatic heterocycles. The number of hydrogen-bond acceptors (Lipinski definition) is 3. The first-order chi connectivity index (χ1) is 9.92. The molecule has 1 amide bonds. The van der Waals surface area contributed by atoms with Crippen LogP contribution in [0.25, 0.3) is 0 Å². The Balaban J connectivity index is 2.28. The molecule has 2 rings (SSSR count). The summed E-state index contributed by atoms with van der Waals surface area (Å²) in [7, 11) is 1.36. The number of carbonyl (C=O) groups is 1. The van der Waals surface area contributed by atoms with Gasteiger partial charge in [-0.05, 0) is 58.7 Å². The molecule has 0 heterocycles. The lowest BCUT2D eigenvalue weighted by Crippen LogP contribution is -2.14. The number of hydrogen-bond donors (Lipinski definition) is 2. The molecule has 0 aliphatic heterocycles. The number of benzene rings is 2. The molecule has 2 aromatic rings. The third-order valence-corrected chi connectivity index (χ3v) is 3.54. The van der Waals surface area contributed by atoms with Gasteiger partial charge in [-0.25, -0.2) is 4.39 Å². The maximum atomic E-state index is 13.6. The van der Waals surface area contributed by atoms with Crippen LogP contribution in [0.4, 0.5) is 15.8 Å². The molecule has 21 heavy (non-hydrogen) atoms. The van der Waals surface area contributed by atoms with E-state index < -0.39 is 11.7 Å². The van der Waals surface area contributed by atoms with E-state index in [-0.39, 0.29) is 11.3 Å². The number of anilines is 2. The molecule has 0 saturated heterocycles. The van der Waals surface area contributed by atoms with Crippen molar-refractivity contribution in [1.82, 2.24) is 0 Å². The summed E-state index contributed by atoms with van der Waals surface area (Å²) in [6, 6.07) is 7.58. The minimum atomic E-state index is -0.596. The van der Waals surface area contributed by atoms with Gasteiger partial charge in [-0.3, -0.25) is 4.79 Å². The van der Waals surface area contributed by atoms with Crippen molar-refractivity contribution in [2.24, 2.45) is 0 Å². The van der Waals surface area contributed by atoms with Crippen molar-refractivity contribution >= 4 is 33.2 Å². The van der Waals surface area contributed by atoms with Crippen molar-refractivity contribution in [3.63, 3.8) is 0 Å². The normalized spacial score (nSPS) is 10.3. The molecule has 0 saturated carbocycles. The highest BCUT2D eigenvalue weighted by molar-refractivity contribution is 9.10. The van der Waals surface area contributed by atoms with Gasteiger partial charge >= 0.3 is 0 Å². The molecular formula is C15H14BrFN2O2. The number of amides is 1. The quantitative estimate of drug-likeness (QED) is 0.827. The van der Waals surface area contributed by atoms with E-state index in [2.05, 4.69) is 21.2 Å². The lowest BCUT2D eigenvalue weighted by molar-refractivity contribution is 0.102. The average Bonchev–Trinajstić information content (AvgIpc) is 2.42. The fraction of sp³-hybridized carbons (Fsp3) is 0.133. The Kier molecular flexibility index (Phi) is 4.47. The Hall–Kier alpha value is -2.08. The molecule has 3 N–H and O–H groups in total. The van der Waals surface area contributed by atoms with Gasteiger partial charge in [-0.1, -0.05) is 0 Å². The lowest BCUT2D eigenvalue weighted by Gasteiger charge is -2.12. The number of carbonyl (C=O) groups excluding carboxylic acids is 1. The minimum Gasteiger partial charge on any atom is -0.494 e. The summed E-state index contributed by atoms with van der Waals surface area (Å²) in [5.74, 6) is -0.962. The highest BCUT2D eigenvalue weighted by Crippen LogP contribution is 2.30. The van der Waals surface area contributed by atoms with E-state index in [1.165, 1.54) is 19.2 Å². The monoisotopic (exact) mass is 352 g/mol. The van der Waals surface area contributed by atoms with Gasteiger partial charge < -0.3 is 15.8 Å². The van der Waals surface area contributed by atoms with E-state index >= 15 is 0 Å². The van der Waals surface area contributed by atoms with Crippen LogP contribution in [0.3, 0.4) is 0 Å². The predicted molar refractivity (Wildman–Crippen MR) is 84.2 cm³/mol. The van der Waals surface area contributed by atoms with Crippen LogP contribution >= 0.6 is 15.9 Å². The molecule has 0 unspecified atom stereocenters. The van der Waals surface area contributed by atoms with Gasteiger partial charge in [0, 0.05) is 10.0 Å². The molecule has 110 valence electrons. The number of methoxy groups -OCH3 is 1. The molecule has 0 radical (unpaired) electrons. The van der Waals surface area contributed by atoms with Crippen LogP contribution in [-0.4, -0.2) is 13.0 Å². The number of ether oxygens (including phenoxy) is 1. The maximum absolute atomic E-state index is 13.6. The number of halogens is 2. The molecule has 2 aromatic carbocycles. The first-order valence-electron chi connectivity index (χ1n) is 6.13. The second-order valence-corrected chi connectivity index (χ2v) is 5.37. The Morgan fingerprint density at radius 3 is 2.62 bits per heavy atom. The number of nitrogen functional groups attached to an aromatic ring is 1. The van der Waals surface area contributed by atoms with Gasteiger partial charge in [0.1, 0.15) is 0 Å². The van der Waals surface area contributed by atoms with Gasteiger partial charge in [0.25, 0.3) is 5.91 Å². The predicted octanol–water partition coefficient (Wildman–Crippen LogP) is 3.74. The van der Waals surface area contributed by atoms with E-state index in [0.29, 0.717) is 15.8 Å². The summed E-state index contributed by atoms with van der Waals surface area (Å²) < 4.78 is 19.1. The first kappa shape index (κ1) is 15.3. The maximum Gasteiger partial charge on any atom is 0.255 e. The Morgan fingerprint density at radius 2 is 2.05 bits per heavy atom. The summed E-state index contributed by atoms with van der Waals surface area (Å²) in [6.07, 6.45) is 0. The molecule has 4 nitrogen and oxygen atoms in total. The highest BCUT2D eigenvalue weighted by atomic mass is 79.9. The summed E-state index contributed by atoms with van der Waals surface area (Å²) in [5.41, 5.74) is 7.93. The molecule has 0 aliphatic rings. The number of rotatable bonds is 3. The summed E-state index contributed by atoms with van der Waals surface area (Å²) in [6.45, 7) is 1.89. The minimum absolute atomic E-state index is 0.0857. The number of aryl methyl sites for hydroxylation is 1. The average molecular weight is 353 g/mol. The molecule has 6 heteroatoms. The van der Waals surface area contributed by atoms with Crippen LogP contribution in [0.15, 0.2) is 34.8 Å². The zero-order chi connectivity index (χ0) is 15.6. The highest BCUT2D eigenvalue weighted by Gasteiger charge is 2.13. The van der Waals surface area contributed by atoms with E-state index in [4.69, 9.17) is 10.5 Å². The van der Waals surface area contributed by atoms with Gasteiger partial charge in [-0.2, -0.15) is 0 Å². The number of nitrogens with two attached hydrogens (primary N) is 1. The van der Waals surface area contributed by atoms with Gasteiger partial charge in [0.2, 0.25) is 0 Å². The van der Waals surface area contributed by atoms with Crippen molar-refractivity contribution < 1.29 is 13.9 Å². The zero-order valence-electron chi connectivity index (χ0n) is 11.5. The molecule has 0 bridgehead atoms. The SMILES string of the molecule is COc1ccc(C(=O)Nc2c(N)cc(C)cc2Br)cc1F. The van der Waals surface area contributed by atoms with Gasteiger partial charge in [-0.15, -0.1) is 0 Å². The second kappa shape index (κ2) is 6.13. The van der Waals surface area contributed by atoms with E-state index in [1.807, 2.05) is 13.0 Å². The van der Waals surface area contributed by atoms with Crippen LogP contribution in [0.5, 0.6) is 5.75 Å². The van der Waals surface area contributed by atoms with Crippen molar-refractivity contribution in [3.8, 4) is 5.75 Å². The third-order valence-electron chi connectivity index (χ3n) is 2.92. The molecule has 0 spiro atoms. The van der Waals surface area contributed by atoms with Gasteiger partial charge in [0.15, 0.2) is 11.6 Å². The molecular weight excluding hydrogens is 339 g/mol. The van der Waals surface area contributed by atoms with Crippen LogP contribution in [0, 0.1) is 12.7 Å². The van der Waals surface area contributed by atoms with E-state index in [0.717, 1.165) is 11.6 Å². The van der Waals surface area contributed by atoms with Crippen LogP contribution in [0.1, 0.15) is 15.9 Å². The third kappa shape index (κ3) is 3.33. The summed E-state index contributed by atoms with van der Waals surface area (Å²) >= 11 is 3.35. The smallest absolute Gasteiger partial charge is 0.255 e. The topological polar surface area (TPSA) is 64.3 Å². The van der Waals surface area contributed by atoms with Crippen LogP contribution in [0.2, 0.25) is 0 Å². The van der Waals surface area contributed by atoms with Crippen LogP contribution < -0.4 is 15.8 Å². The zero-order valence-corrected chi connectivity index (χ0v) is 13.1.